The Morgan fingerprint density at radius 1 is 1.12 bits per heavy atom. The second-order valence-corrected chi connectivity index (χ2v) is 4.41. The van der Waals surface area contributed by atoms with Crippen molar-refractivity contribution in [3.8, 4) is 6.07 Å². The lowest BCUT2D eigenvalue weighted by Gasteiger charge is -2.12. The fraction of sp³-hybridized carbons (Fsp3) is 0.133. The van der Waals surface area contributed by atoms with Gasteiger partial charge < -0.3 is 0 Å². The Bertz CT molecular complexity index is 555. The maximum absolute atomic E-state index is 9.34. The first-order valence-corrected chi connectivity index (χ1v) is 5.81. The lowest BCUT2D eigenvalue weighted by atomic mass is 9.90. The van der Waals surface area contributed by atoms with Crippen LogP contribution >= 0.6 is 11.6 Å². The molecular formula is C15H12ClN. The van der Waals surface area contributed by atoms with Crippen LogP contribution in [0.2, 0.25) is 5.02 Å². The quantitative estimate of drug-likeness (QED) is 0.769. The molecule has 0 aromatic heterocycles. The number of nitriles is 1. The summed E-state index contributed by atoms with van der Waals surface area (Å²) in [5.41, 5.74) is 3.08. The van der Waals surface area contributed by atoms with Gasteiger partial charge in [0.15, 0.2) is 0 Å². The van der Waals surface area contributed by atoms with Crippen LogP contribution in [0.4, 0.5) is 0 Å². The van der Waals surface area contributed by atoms with Crippen molar-refractivity contribution in [3.63, 3.8) is 0 Å². The third-order valence-electron chi connectivity index (χ3n) is 2.80. The van der Waals surface area contributed by atoms with Gasteiger partial charge in [-0.1, -0.05) is 48.0 Å². The number of benzene rings is 2. The Morgan fingerprint density at radius 3 is 2.41 bits per heavy atom. The zero-order valence-corrected chi connectivity index (χ0v) is 10.3. The third kappa shape index (κ3) is 2.49. The molecule has 0 fully saturated rings. The highest BCUT2D eigenvalue weighted by atomic mass is 35.5. The predicted octanol–water partition coefficient (Wildman–Crippen LogP) is 4.30. The molecule has 84 valence electrons. The second-order valence-electron chi connectivity index (χ2n) is 3.97. The average molecular weight is 242 g/mol. The van der Waals surface area contributed by atoms with Crippen LogP contribution in [0, 0.1) is 18.3 Å². The van der Waals surface area contributed by atoms with Crippen LogP contribution < -0.4 is 0 Å². The normalized spacial score (nSPS) is 11.8. The van der Waals surface area contributed by atoms with Gasteiger partial charge in [-0.25, -0.2) is 0 Å². The molecule has 0 aliphatic heterocycles. The molecule has 2 heteroatoms. The van der Waals surface area contributed by atoms with Crippen LogP contribution in [0.1, 0.15) is 22.6 Å². The summed E-state index contributed by atoms with van der Waals surface area (Å²) < 4.78 is 0. The van der Waals surface area contributed by atoms with E-state index in [-0.39, 0.29) is 5.92 Å². The monoisotopic (exact) mass is 241 g/mol. The van der Waals surface area contributed by atoms with Gasteiger partial charge in [0.05, 0.1) is 12.0 Å². The fourth-order valence-corrected chi connectivity index (χ4v) is 2.16. The molecule has 0 aliphatic carbocycles. The van der Waals surface area contributed by atoms with E-state index in [1.54, 1.807) is 0 Å². The molecular weight excluding hydrogens is 230 g/mol. The SMILES string of the molecule is Cc1cc(Cl)ccc1C(C#N)c1ccccc1. The van der Waals surface area contributed by atoms with E-state index in [4.69, 9.17) is 11.6 Å². The summed E-state index contributed by atoms with van der Waals surface area (Å²) >= 11 is 5.93. The summed E-state index contributed by atoms with van der Waals surface area (Å²) in [5, 5.41) is 10.0. The summed E-state index contributed by atoms with van der Waals surface area (Å²) in [6.45, 7) is 1.98. The summed E-state index contributed by atoms with van der Waals surface area (Å²) in [4.78, 5) is 0. The number of halogens is 1. The predicted molar refractivity (Wildman–Crippen MR) is 70.1 cm³/mol. The summed E-state index contributed by atoms with van der Waals surface area (Å²) in [5.74, 6) is -0.228. The molecule has 0 aliphatic rings. The number of rotatable bonds is 2. The first-order chi connectivity index (χ1) is 8.22. The lowest BCUT2D eigenvalue weighted by molar-refractivity contribution is 1.02. The smallest absolute Gasteiger partial charge is 0.0965 e. The number of hydrogen-bond acceptors (Lipinski definition) is 1. The van der Waals surface area contributed by atoms with Gasteiger partial charge in [0.25, 0.3) is 0 Å². The Hall–Kier alpha value is -1.78. The van der Waals surface area contributed by atoms with Crippen LogP contribution in [-0.4, -0.2) is 0 Å². The molecule has 0 heterocycles. The van der Waals surface area contributed by atoms with Crippen molar-refractivity contribution < 1.29 is 0 Å². The maximum atomic E-state index is 9.34. The summed E-state index contributed by atoms with van der Waals surface area (Å²) in [6, 6.07) is 17.8. The Labute approximate surface area is 106 Å². The van der Waals surface area contributed by atoms with E-state index in [1.165, 1.54) is 0 Å². The Balaban J connectivity index is 2.47. The lowest BCUT2D eigenvalue weighted by Crippen LogP contribution is -2.00. The minimum Gasteiger partial charge on any atom is -0.197 e. The van der Waals surface area contributed by atoms with E-state index in [0.717, 1.165) is 16.7 Å². The standard InChI is InChI=1S/C15H12ClN/c1-11-9-13(16)7-8-14(11)15(10-17)12-5-3-2-4-6-12/h2-9,15H,1H3. The van der Waals surface area contributed by atoms with Gasteiger partial charge in [0.1, 0.15) is 0 Å². The average Bonchev–Trinajstić information content (AvgIpc) is 2.34. The first-order valence-electron chi connectivity index (χ1n) is 5.43. The van der Waals surface area contributed by atoms with Crippen LogP contribution in [0.25, 0.3) is 0 Å². The molecule has 1 nitrogen and oxygen atoms in total. The molecule has 1 unspecified atom stereocenters. The molecule has 2 rings (SSSR count). The zero-order valence-electron chi connectivity index (χ0n) is 9.52. The van der Waals surface area contributed by atoms with E-state index >= 15 is 0 Å². The molecule has 0 spiro atoms. The number of nitrogens with zero attached hydrogens (tertiary/aromatic N) is 1. The minimum atomic E-state index is -0.228. The molecule has 2 aromatic carbocycles. The van der Waals surface area contributed by atoms with E-state index < -0.39 is 0 Å². The summed E-state index contributed by atoms with van der Waals surface area (Å²) in [6.07, 6.45) is 0. The van der Waals surface area contributed by atoms with Gasteiger partial charge in [0.2, 0.25) is 0 Å². The van der Waals surface area contributed by atoms with E-state index in [1.807, 2.05) is 55.5 Å². The van der Waals surface area contributed by atoms with Gasteiger partial charge >= 0.3 is 0 Å². The van der Waals surface area contributed by atoms with Crippen LogP contribution in [0.5, 0.6) is 0 Å². The Kier molecular flexibility index (Phi) is 3.46. The molecule has 2 aromatic rings. The van der Waals surface area contributed by atoms with Crippen molar-refractivity contribution >= 4 is 11.6 Å². The minimum absolute atomic E-state index is 0.228. The van der Waals surface area contributed by atoms with Crippen molar-refractivity contribution in [2.24, 2.45) is 0 Å². The first kappa shape index (κ1) is 11.7. The van der Waals surface area contributed by atoms with E-state index in [9.17, 15) is 5.26 Å². The van der Waals surface area contributed by atoms with Gasteiger partial charge in [-0.15, -0.1) is 0 Å². The van der Waals surface area contributed by atoms with Crippen molar-refractivity contribution in [1.82, 2.24) is 0 Å². The van der Waals surface area contributed by atoms with Crippen molar-refractivity contribution in [2.45, 2.75) is 12.8 Å². The van der Waals surface area contributed by atoms with Crippen LogP contribution in [0.3, 0.4) is 0 Å². The van der Waals surface area contributed by atoms with E-state index in [0.29, 0.717) is 5.02 Å². The molecule has 0 saturated carbocycles. The van der Waals surface area contributed by atoms with Gasteiger partial charge in [-0.2, -0.15) is 5.26 Å². The fourth-order valence-electron chi connectivity index (χ4n) is 1.93. The van der Waals surface area contributed by atoms with Crippen LogP contribution in [0.15, 0.2) is 48.5 Å². The highest BCUT2D eigenvalue weighted by Gasteiger charge is 2.15. The molecule has 0 radical (unpaired) electrons. The Morgan fingerprint density at radius 2 is 1.82 bits per heavy atom. The van der Waals surface area contributed by atoms with Crippen molar-refractivity contribution in [3.05, 3.63) is 70.2 Å². The van der Waals surface area contributed by atoms with Gasteiger partial charge in [-0.3, -0.25) is 0 Å². The maximum Gasteiger partial charge on any atom is 0.0965 e. The zero-order chi connectivity index (χ0) is 12.3. The third-order valence-corrected chi connectivity index (χ3v) is 3.04. The molecule has 0 bridgehead atoms. The highest BCUT2D eigenvalue weighted by Crippen LogP contribution is 2.28. The molecule has 1 atom stereocenters. The van der Waals surface area contributed by atoms with Gasteiger partial charge in [-0.05, 0) is 35.7 Å². The van der Waals surface area contributed by atoms with E-state index in [2.05, 4.69) is 6.07 Å². The summed E-state index contributed by atoms with van der Waals surface area (Å²) in [7, 11) is 0. The molecule has 0 amide bonds. The molecule has 17 heavy (non-hydrogen) atoms. The molecule has 0 saturated heterocycles. The highest BCUT2D eigenvalue weighted by molar-refractivity contribution is 6.30. The number of hydrogen-bond donors (Lipinski definition) is 0. The topological polar surface area (TPSA) is 23.8 Å². The largest absolute Gasteiger partial charge is 0.197 e. The number of aryl methyl sites for hydroxylation is 1. The van der Waals surface area contributed by atoms with Gasteiger partial charge in [0, 0.05) is 5.02 Å². The van der Waals surface area contributed by atoms with Crippen molar-refractivity contribution in [2.75, 3.05) is 0 Å². The van der Waals surface area contributed by atoms with Crippen LogP contribution in [-0.2, 0) is 0 Å². The van der Waals surface area contributed by atoms with Crippen molar-refractivity contribution in [1.29, 1.82) is 5.26 Å². The second kappa shape index (κ2) is 5.03. The molecule has 0 N–H and O–H groups in total.